The zero-order valence-corrected chi connectivity index (χ0v) is 10.4. The molecule has 0 aliphatic heterocycles. The molecule has 0 atom stereocenters. The van der Waals surface area contributed by atoms with Crippen LogP contribution in [-0.2, 0) is 6.42 Å². The van der Waals surface area contributed by atoms with Crippen molar-refractivity contribution in [2.24, 2.45) is 0 Å². The van der Waals surface area contributed by atoms with Gasteiger partial charge in [0.2, 0.25) is 0 Å². The second-order valence-electron chi connectivity index (χ2n) is 4.12. The number of para-hydroxylation sites is 1. The molecule has 16 heavy (non-hydrogen) atoms. The van der Waals surface area contributed by atoms with Crippen LogP contribution in [0.2, 0.25) is 0 Å². The molecule has 0 amide bonds. The molecule has 1 nitrogen and oxygen atoms in total. The van der Waals surface area contributed by atoms with E-state index >= 15 is 0 Å². The van der Waals surface area contributed by atoms with Crippen LogP contribution >= 0.6 is 0 Å². The summed E-state index contributed by atoms with van der Waals surface area (Å²) in [6.07, 6.45) is 7.20. The largest absolute Gasteiger partial charge is 0.493 e. The SMILES string of the molecule is [CH2]Cc1ccccc1OCCCCCCC. The third-order valence-corrected chi connectivity index (χ3v) is 2.75. The van der Waals surface area contributed by atoms with Crippen molar-refractivity contribution in [2.45, 2.75) is 45.4 Å². The molecule has 0 N–H and O–H groups in total. The van der Waals surface area contributed by atoms with Crippen molar-refractivity contribution in [1.29, 1.82) is 0 Å². The Morgan fingerprint density at radius 2 is 1.81 bits per heavy atom. The average Bonchev–Trinajstić information content (AvgIpc) is 2.34. The Bertz CT molecular complexity index is 281. The molecule has 89 valence electrons. The summed E-state index contributed by atoms with van der Waals surface area (Å²) >= 11 is 0. The minimum Gasteiger partial charge on any atom is -0.493 e. The van der Waals surface area contributed by atoms with Crippen LogP contribution in [0.1, 0.15) is 44.6 Å². The molecule has 1 aromatic rings. The third-order valence-electron chi connectivity index (χ3n) is 2.75. The summed E-state index contributed by atoms with van der Waals surface area (Å²) in [6, 6.07) is 8.17. The van der Waals surface area contributed by atoms with Crippen LogP contribution in [0, 0.1) is 6.92 Å². The molecule has 0 saturated heterocycles. The summed E-state index contributed by atoms with van der Waals surface area (Å²) in [5.41, 5.74) is 1.20. The van der Waals surface area contributed by atoms with Crippen molar-refractivity contribution in [1.82, 2.24) is 0 Å². The standard InChI is InChI=1S/C15H23O/c1-3-5-6-7-10-13-16-15-12-9-8-11-14(15)4-2/h8-9,11-12H,2-7,10,13H2,1H3. The predicted octanol–water partition coefficient (Wildman–Crippen LogP) is 4.41. The topological polar surface area (TPSA) is 9.23 Å². The molecular weight excluding hydrogens is 196 g/mol. The first-order valence-electron chi connectivity index (χ1n) is 6.38. The maximum Gasteiger partial charge on any atom is 0.122 e. The highest BCUT2D eigenvalue weighted by molar-refractivity contribution is 5.33. The Morgan fingerprint density at radius 1 is 1.06 bits per heavy atom. The maximum absolute atomic E-state index is 5.77. The highest BCUT2D eigenvalue weighted by Gasteiger charge is 1.99. The molecule has 0 saturated carbocycles. The van der Waals surface area contributed by atoms with Gasteiger partial charge in [0, 0.05) is 0 Å². The van der Waals surface area contributed by atoms with Crippen LogP contribution in [0.5, 0.6) is 5.75 Å². The van der Waals surface area contributed by atoms with E-state index in [4.69, 9.17) is 4.74 Å². The van der Waals surface area contributed by atoms with Gasteiger partial charge in [-0.25, -0.2) is 0 Å². The zero-order valence-electron chi connectivity index (χ0n) is 10.4. The van der Waals surface area contributed by atoms with Gasteiger partial charge in [0.25, 0.3) is 0 Å². The first-order chi connectivity index (χ1) is 7.88. The van der Waals surface area contributed by atoms with E-state index in [2.05, 4.69) is 19.9 Å². The predicted molar refractivity (Wildman–Crippen MR) is 69.8 cm³/mol. The molecule has 0 aliphatic carbocycles. The van der Waals surface area contributed by atoms with Crippen LogP contribution in [0.3, 0.4) is 0 Å². The van der Waals surface area contributed by atoms with Gasteiger partial charge in [0.05, 0.1) is 6.61 Å². The molecule has 0 spiro atoms. The molecule has 0 fully saturated rings. The Labute approximate surface area is 99.8 Å². The summed E-state index contributed by atoms with van der Waals surface area (Å²) in [4.78, 5) is 0. The van der Waals surface area contributed by atoms with E-state index < -0.39 is 0 Å². The fourth-order valence-corrected chi connectivity index (χ4v) is 1.74. The number of benzene rings is 1. The van der Waals surface area contributed by atoms with E-state index in [-0.39, 0.29) is 0 Å². The lowest BCUT2D eigenvalue weighted by atomic mass is 10.1. The lowest BCUT2D eigenvalue weighted by Gasteiger charge is -2.09. The summed E-state index contributed by atoms with van der Waals surface area (Å²) in [6.45, 7) is 6.98. The second kappa shape index (κ2) is 8.20. The van der Waals surface area contributed by atoms with Crippen molar-refractivity contribution in [3.8, 4) is 5.75 Å². The van der Waals surface area contributed by atoms with Gasteiger partial charge < -0.3 is 4.74 Å². The van der Waals surface area contributed by atoms with Crippen LogP contribution in [-0.4, -0.2) is 6.61 Å². The lowest BCUT2D eigenvalue weighted by Crippen LogP contribution is -1.99. The molecule has 0 heterocycles. The molecule has 1 radical (unpaired) electrons. The van der Waals surface area contributed by atoms with Crippen LogP contribution in [0.4, 0.5) is 0 Å². The van der Waals surface area contributed by atoms with Gasteiger partial charge in [-0.3, -0.25) is 0 Å². The van der Waals surface area contributed by atoms with Crippen LogP contribution < -0.4 is 4.74 Å². The molecule has 0 aliphatic rings. The van der Waals surface area contributed by atoms with Gasteiger partial charge >= 0.3 is 0 Å². The fraction of sp³-hybridized carbons (Fsp3) is 0.533. The molecule has 0 aromatic heterocycles. The lowest BCUT2D eigenvalue weighted by molar-refractivity contribution is 0.302. The molecule has 1 heteroatoms. The first-order valence-corrected chi connectivity index (χ1v) is 6.38. The van der Waals surface area contributed by atoms with E-state index in [1.807, 2.05) is 18.2 Å². The van der Waals surface area contributed by atoms with Gasteiger partial charge in [-0.05, 0) is 31.4 Å². The first kappa shape index (κ1) is 13.1. The Balaban J connectivity index is 2.21. The number of ether oxygens (including phenoxy) is 1. The van der Waals surface area contributed by atoms with E-state index in [1.165, 1.54) is 31.2 Å². The maximum atomic E-state index is 5.77. The normalized spacial score (nSPS) is 10.4. The van der Waals surface area contributed by atoms with Crippen LogP contribution in [0.15, 0.2) is 24.3 Å². The minimum absolute atomic E-state index is 0.798. The van der Waals surface area contributed by atoms with Crippen molar-refractivity contribution in [3.05, 3.63) is 36.8 Å². The average molecular weight is 219 g/mol. The highest BCUT2D eigenvalue weighted by atomic mass is 16.5. The van der Waals surface area contributed by atoms with Crippen molar-refractivity contribution in [3.63, 3.8) is 0 Å². The molecule has 1 aromatic carbocycles. The van der Waals surface area contributed by atoms with Crippen molar-refractivity contribution < 1.29 is 4.74 Å². The summed E-state index contributed by atoms with van der Waals surface area (Å²) < 4.78 is 5.77. The number of rotatable bonds is 8. The minimum atomic E-state index is 0.798. The smallest absolute Gasteiger partial charge is 0.122 e. The van der Waals surface area contributed by atoms with Gasteiger partial charge in [0.15, 0.2) is 0 Å². The Hall–Kier alpha value is -0.980. The quantitative estimate of drug-likeness (QED) is 0.588. The van der Waals surface area contributed by atoms with Crippen molar-refractivity contribution >= 4 is 0 Å². The van der Waals surface area contributed by atoms with Gasteiger partial charge in [0.1, 0.15) is 5.75 Å². The zero-order chi connectivity index (χ0) is 11.6. The number of hydrogen-bond donors (Lipinski definition) is 0. The fourth-order valence-electron chi connectivity index (χ4n) is 1.74. The van der Waals surface area contributed by atoms with Gasteiger partial charge in [-0.15, -0.1) is 0 Å². The monoisotopic (exact) mass is 219 g/mol. The molecule has 0 bridgehead atoms. The van der Waals surface area contributed by atoms with E-state index in [1.54, 1.807) is 0 Å². The second-order valence-corrected chi connectivity index (χ2v) is 4.12. The third kappa shape index (κ3) is 4.69. The van der Waals surface area contributed by atoms with Crippen LogP contribution in [0.25, 0.3) is 0 Å². The Kier molecular flexibility index (Phi) is 6.71. The number of unbranched alkanes of at least 4 members (excludes halogenated alkanes) is 4. The Morgan fingerprint density at radius 3 is 2.56 bits per heavy atom. The summed E-state index contributed by atoms with van der Waals surface area (Å²) in [5.74, 6) is 1.01. The van der Waals surface area contributed by atoms with Gasteiger partial charge in [-0.2, -0.15) is 0 Å². The van der Waals surface area contributed by atoms with Crippen molar-refractivity contribution in [2.75, 3.05) is 6.61 Å². The van der Waals surface area contributed by atoms with Gasteiger partial charge in [-0.1, -0.05) is 50.8 Å². The van der Waals surface area contributed by atoms with E-state index in [0.29, 0.717) is 0 Å². The summed E-state index contributed by atoms with van der Waals surface area (Å²) in [7, 11) is 0. The molecule has 0 unspecified atom stereocenters. The number of hydrogen-bond acceptors (Lipinski definition) is 1. The van der Waals surface area contributed by atoms with E-state index in [0.717, 1.165) is 25.2 Å². The molecule has 1 rings (SSSR count). The summed E-state index contributed by atoms with van der Waals surface area (Å²) in [5, 5.41) is 0. The van der Waals surface area contributed by atoms with E-state index in [9.17, 15) is 0 Å². The highest BCUT2D eigenvalue weighted by Crippen LogP contribution is 2.18. The molecular formula is C15H23O.